The van der Waals surface area contributed by atoms with E-state index in [-0.39, 0.29) is 12.0 Å². The molecule has 18 heavy (non-hydrogen) atoms. The Labute approximate surface area is 111 Å². The van der Waals surface area contributed by atoms with Gasteiger partial charge in [0.2, 0.25) is 0 Å². The normalized spacial score (nSPS) is 21.4. The molecular weight excluding hydrogens is 269 g/mol. The van der Waals surface area contributed by atoms with Gasteiger partial charge in [0, 0.05) is 11.8 Å². The van der Waals surface area contributed by atoms with Crippen LogP contribution < -0.4 is 5.32 Å². The number of hydrogen-bond acceptors (Lipinski definition) is 3. The summed E-state index contributed by atoms with van der Waals surface area (Å²) in [5.41, 5.74) is 2.61. The van der Waals surface area contributed by atoms with E-state index in [0.717, 1.165) is 24.3 Å². The zero-order chi connectivity index (χ0) is 13.2. The average Bonchev–Trinajstić information content (AvgIpc) is 2.34. The number of rotatable bonds is 4. The molecule has 0 bridgehead atoms. The van der Waals surface area contributed by atoms with Gasteiger partial charge in [0.1, 0.15) is 0 Å². The van der Waals surface area contributed by atoms with E-state index in [1.54, 1.807) is 0 Å². The van der Waals surface area contributed by atoms with Gasteiger partial charge >= 0.3 is 6.80 Å². The van der Waals surface area contributed by atoms with Crippen molar-refractivity contribution in [1.29, 1.82) is 0 Å². The first-order valence-corrected chi connectivity index (χ1v) is 9.19. The highest BCUT2D eigenvalue weighted by Gasteiger charge is 2.26. The predicted molar refractivity (Wildman–Crippen MR) is 74.6 cm³/mol. The van der Waals surface area contributed by atoms with E-state index >= 15 is 0 Å². The summed E-state index contributed by atoms with van der Waals surface area (Å²) >= 11 is 0.737. The molecule has 1 aromatic carbocycles. The molecule has 3 N–H and O–H groups in total. The average molecular weight is 287 g/mol. The van der Waals surface area contributed by atoms with Crippen LogP contribution in [-0.2, 0) is 11.0 Å². The summed E-state index contributed by atoms with van der Waals surface area (Å²) in [5, 5.41) is 3.45. The highest BCUT2D eigenvalue weighted by Crippen LogP contribution is 2.51. The summed E-state index contributed by atoms with van der Waals surface area (Å²) in [6, 6.07) is 8.48. The molecule has 4 nitrogen and oxygen atoms in total. The lowest BCUT2D eigenvalue weighted by Gasteiger charge is -2.31. The third-order valence-electron chi connectivity index (χ3n) is 3.22. The van der Waals surface area contributed by atoms with Crippen LogP contribution in [0.5, 0.6) is 0 Å². The quantitative estimate of drug-likeness (QED) is 0.742. The fraction of sp³-hybridized carbons (Fsp3) is 0.500. The summed E-state index contributed by atoms with van der Waals surface area (Å²) < 4.78 is 10.9. The first-order valence-electron chi connectivity index (χ1n) is 5.98. The Kier molecular flexibility index (Phi) is 4.51. The maximum absolute atomic E-state index is 10.9. The monoisotopic (exact) mass is 287 g/mol. The first-order chi connectivity index (χ1) is 8.47. The van der Waals surface area contributed by atoms with Crippen LogP contribution in [0.4, 0.5) is 0 Å². The van der Waals surface area contributed by atoms with Crippen LogP contribution in [0.15, 0.2) is 24.3 Å². The van der Waals surface area contributed by atoms with Crippen molar-refractivity contribution in [2.45, 2.75) is 19.4 Å². The van der Waals surface area contributed by atoms with Crippen molar-refractivity contribution in [2.75, 3.05) is 12.3 Å². The standard InChI is InChI=1S/C12H18NO3PS/c1-9(8-18-17(14,15)16)12-11-5-3-2-4-10(11)6-7-13-12/h2-5,9,12-13H,6-8H2,1H3,(H2,14,15,16). The van der Waals surface area contributed by atoms with Gasteiger partial charge in [-0.25, -0.2) is 4.57 Å². The van der Waals surface area contributed by atoms with Crippen LogP contribution in [0.2, 0.25) is 0 Å². The lowest BCUT2D eigenvalue weighted by Crippen LogP contribution is -2.34. The topological polar surface area (TPSA) is 69.6 Å². The minimum absolute atomic E-state index is 0.184. The zero-order valence-electron chi connectivity index (χ0n) is 10.2. The molecule has 0 aromatic heterocycles. The summed E-state index contributed by atoms with van der Waals surface area (Å²) in [4.78, 5) is 17.8. The first kappa shape index (κ1) is 14.1. The van der Waals surface area contributed by atoms with Gasteiger partial charge < -0.3 is 15.1 Å². The zero-order valence-corrected chi connectivity index (χ0v) is 12.0. The summed E-state index contributed by atoms with van der Waals surface area (Å²) in [6.07, 6.45) is 1.02. The molecule has 0 amide bonds. The molecule has 0 saturated carbocycles. The van der Waals surface area contributed by atoms with Crippen LogP contribution >= 0.6 is 18.2 Å². The Morgan fingerprint density at radius 1 is 1.50 bits per heavy atom. The molecule has 100 valence electrons. The molecule has 2 unspecified atom stereocenters. The molecule has 0 spiro atoms. The molecular formula is C12H18NO3PS. The Hall–Kier alpha value is -0.320. The van der Waals surface area contributed by atoms with E-state index in [0.29, 0.717) is 5.75 Å². The van der Waals surface area contributed by atoms with Crippen molar-refractivity contribution >= 4 is 18.2 Å². The van der Waals surface area contributed by atoms with Crippen molar-refractivity contribution in [1.82, 2.24) is 5.32 Å². The highest BCUT2D eigenvalue weighted by atomic mass is 32.7. The second-order valence-corrected chi connectivity index (χ2v) is 8.42. The number of fused-ring (bicyclic) bond motifs is 1. The summed E-state index contributed by atoms with van der Waals surface area (Å²) in [5.74, 6) is 0.639. The van der Waals surface area contributed by atoms with Crippen LogP contribution in [0.25, 0.3) is 0 Å². The van der Waals surface area contributed by atoms with Crippen molar-refractivity contribution < 1.29 is 14.4 Å². The molecule has 0 saturated heterocycles. The molecule has 0 radical (unpaired) electrons. The third-order valence-corrected chi connectivity index (χ3v) is 5.69. The van der Waals surface area contributed by atoms with Gasteiger partial charge in [0.05, 0.1) is 0 Å². The highest BCUT2D eigenvalue weighted by molar-refractivity contribution is 8.54. The lowest BCUT2D eigenvalue weighted by molar-refractivity contribution is 0.391. The van der Waals surface area contributed by atoms with Gasteiger partial charge in [0.15, 0.2) is 0 Å². The van der Waals surface area contributed by atoms with E-state index in [4.69, 9.17) is 9.79 Å². The van der Waals surface area contributed by atoms with Gasteiger partial charge in [-0.05, 0) is 41.4 Å². The van der Waals surface area contributed by atoms with Gasteiger partial charge in [0.25, 0.3) is 0 Å². The number of hydrogen-bond donors (Lipinski definition) is 3. The van der Waals surface area contributed by atoms with Crippen LogP contribution in [-0.4, -0.2) is 22.1 Å². The summed E-state index contributed by atoms with van der Waals surface area (Å²) in [6.45, 7) is -1.01. The van der Waals surface area contributed by atoms with E-state index in [9.17, 15) is 4.57 Å². The van der Waals surface area contributed by atoms with Crippen molar-refractivity contribution in [2.24, 2.45) is 5.92 Å². The fourth-order valence-corrected chi connectivity index (χ4v) is 4.27. The Bertz CT molecular complexity index is 462. The molecule has 2 atom stereocenters. The van der Waals surface area contributed by atoms with Crippen LogP contribution in [0, 0.1) is 5.92 Å². The molecule has 1 aliphatic heterocycles. The van der Waals surface area contributed by atoms with Crippen molar-refractivity contribution in [3.8, 4) is 0 Å². The molecule has 1 heterocycles. The van der Waals surface area contributed by atoms with Gasteiger partial charge in [-0.1, -0.05) is 31.2 Å². The molecule has 0 fully saturated rings. The molecule has 6 heteroatoms. The van der Waals surface area contributed by atoms with Gasteiger partial charge in [-0.3, -0.25) is 0 Å². The fourth-order valence-electron chi connectivity index (χ4n) is 2.36. The Morgan fingerprint density at radius 3 is 2.94 bits per heavy atom. The Morgan fingerprint density at radius 2 is 2.22 bits per heavy atom. The van der Waals surface area contributed by atoms with E-state index in [2.05, 4.69) is 17.4 Å². The smallest absolute Gasteiger partial charge is 0.317 e. The molecule has 1 aromatic rings. The van der Waals surface area contributed by atoms with Crippen LogP contribution in [0.1, 0.15) is 24.1 Å². The van der Waals surface area contributed by atoms with E-state index in [1.165, 1.54) is 11.1 Å². The van der Waals surface area contributed by atoms with E-state index < -0.39 is 6.80 Å². The number of nitrogens with one attached hydrogen (secondary N) is 1. The maximum Gasteiger partial charge on any atom is 0.383 e. The maximum atomic E-state index is 10.9. The molecule has 1 aliphatic rings. The minimum Gasteiger partial charge on any atom is -0.317 e. The molecule has 2 rings (SSSR count). The van der Waals surface area contributed by atoms with Crippen molar-refractivity contribution in [3.05, 3.63) is 35.4 Å². The number of benzene rings is 1. The third kappa shape index (κ3) is 3.59. The lowest BCUT2D eigenvalue weighted by atomic mass is 9.88. The van der Waals surface area contributed by atoms with Gasteiger partial charge in [-0.15, -0.1) is 0 Å². The van der Waals surface area contributed by atoms with Crippen LogP contribution in [0.3, 0.4) is 0 Å². The minimum atomic E-state index is -3.97. The Balaban J connectivity index is 2.08. The molecule has 0 aliphatic carbocycles. The largest absolute Gasteiger partial charge is 0.383 e. The predicted octanol–water partition coefficient (Wildman–Crippen LogP) is 2.34. The second kappa shape index (κ2) is 5.76. The van der Waals surface area contributed by atoms with Gasteiger partial charge in [-0.2, -0.15) is 0 Å². The summed E-state index contributed by atoms with van der Waals surface area (Å²) in [7, 11) is 0. The van der Waals surface area contributed by atoms with E-state index in [1.807, 2.05) is 19.1 Å². The second-order valence-electron chi connectivity index (χ2n) is 4.64. The SMILES string of the molecule is CC(CSP(=O)(O)O)C1NCCc2ccccc21. The van der Waals surface area contributed by atoms with Crippen molar-refractivity contribution in [3.63, 3.8) is 0 Å².